The van der Waals surface area contributed by atoms with Gasteiger partial charge in [0.15, 0.2) is 0 Å². The molecule has 0 aromatic rings. The maximum absolute atomic E-state index is 11.7. The number of ether oxygens (including phenoxy) is 2. The van der Waals surface area contributed by atoms with Crippen molar-refractivity contribution in [3.8, 4) is 0 Å². The van der Waals surface area contributed by atoms with Gasteiger partial charge in [-0.3, -0.25) is 9.69 Å². The number of nitrogens with one attached hydrogen (secondary N) is 1. The van der Waals surface area contributed by atoms with E-state index in [4.69, 9.17) is 9.47 Å². The third-order valence-electron chi connectivity index (χ3n) is 3.44. The predicted octanol–water partition coefficient (Wildman–Crippen LogP) is 0.391. The van der Waals surface area contributed by atoms with Gasteiger partial charge in [0.05, 0.1) is 12.2 Å². The molecule has 2 fully saturated rings. The minimum atomic E-state index is -0.215. The number of carbonyl (C=O) groups is 1. The van der Waals surface area contributed by atoms with Gasteiger partial charge in [-0.25, -0.2) is 0 Å². The van der Waals surface area contributed by atoms with Gasteiger partial charge >= 0.3 is 0 Å². The van der Waals surface area contributed by atoms with E-state index >= 15 is 0 Å². The van der Waals surface area contributed by atoms with Gasteiger partial charge in [0.2, 0.25) is 5.91 Å². The lowest BCUT2D eigenvalue weighted by molar-refractivity contribution is -0.130. The fraction of sp³-hybridized carbons (Fsp3) is 0.923. The molecule has 2 aliphatic heterocycles. The summed E-state index contributed by atoms with van der Waals surface area (Å²) in [6.07, 6.45) is 2.20. The third kappa shape index (κ3) is 3.93. The molecule has 1 N–H and O–H groups in total. The Hall–Kier alpha value is -0.650. The molecule has 0 aromatic heterocycles. The van der Waals surface area contributed by atoms with E-state index in [1.165, 1.54) is 0 Å². The second-order valence-corrected chi connectivity index (χ2v) is 5.31. The standard InChI is InChI=1S/C13H24N2O3/c1-10-8-15(9-11(2)18-10)6-5-14-13(16)12-4-3-7-17-12/h10-12H,3-9H2,1-2H3,(H,14,16)/t10-,11+,12-/m0/s1. The lowest BCUT2D eigenvalue weighted by Crippen LogP contribution is -2.48. The summed E-state index contributed by atoms with van der Waals surface area (Å²) in [4.78, 5) is 14.1. The van der Waals surface area contributed by atoms with E-state index < -0.39 is 0 Å². The van der Waals surface area contributed by atoms with E-state index in [-0.39, 0.29) is 24.2 Å². The number of hydrogen-bond donors (Lipinski definition) is 1. The minimum absolute atomic E-state index is 0.0434. The molecule has 0 radical (unpaired) electrons. The number of rotatable bonds is 4. The van der Waals surface area contributed by atoms with Crippen molar-refractivity contribution in [2.75, 3.05) is 32.8 Å². The Labute approximate surface area is 109 Å². The van der Waals surface area contributed by atoms with Crippen LogP contribution in [0.25, 0.3) is 0 Å². The summed E-state index contributed by atoms with van der Waals surface area (Å²) in [7, 11) is 0. The van der Waals surface area contributed by atoms with Crippen molar-refractivity contribution < 1.29 is 14.3 Å². The van der Waals surface area contributed by atoms with Crippen LogP contribution in [0.15, 0.2) is 0 Å². The van der Waals surface area contributed by atoms with Crippen molar-refractivity contribution in [3.63, 3.8) is 0 Å². The average molecular weight is 256 g/mol. The first-order valence-corrected chi connectivity index (χ1v) is 6.92. The number of amides is 1. The van der Waals surface area contributed by atoms with Gasteiger partial charge in [0.1, 0.15) is 6.10 Å². The summed E-state index contributed by atoms with van der Waals surface area (Å²) >= 11 is 0. The molecule has 0 spiro atoms. The zero-order chi connectivity index (χ0) is 13.0. The second-order valence-electron chi connectivity index (χ2n) is 5.31. The van der Waals surface area contributed by atoms with Gasteiger partial charge in [-0.1, -0.05) is 0 Å². The zero-order valence-corrected chi connectivity index (χ0v) is 11.4. The highest BCUT2D eigenvalue weighted by atomic mass is 16.5. The van der Waals surface area contributed by atoms with E-state index in [9.17, 15) is 4.79 Å². The van der Waals surface area contributed by atoms with Crippen molar-refractivity contribution in [3.05, 3.63) is 0 Å². The average Bonchev–Trinajstić information content (AvgIpc) is 2.80. The molecule has 2 saturated heterocycles. The smallest absolute Gasteiger partial charge is 0.249 e. The van der Waals surface area contributed by atoms with Gasteiger partial charge in [0, 0.05) is 32.8 Å². The number of morpholine rings is 1. The van der Waals surface area contributed by atoms with Gasteiger partial charge in [-0.2, -0.15) is 0 Å². The first kappa shape index (κ1) is 13.8. The molecule has 3 atom stereocenters. The molecule has 0 aliphatic carbocycles. The number of nitrogens with zero attached hydrogens (tertiary/aromatic N) is 1. The molecule has 0 unspecified atom stereocenters. The monoisotopic (exact) mass is 256 g/mol. The summed E-state index contributed by atoms with van der Waals surface area (Å²) < 4.78 is 11.0. The lowest BCUT2D eigenvalue weighted by Gasteiger charge is -2.35. The Morgan fingerprint density at radius 2 is 2.06 bits per heavy atom. The minimum Gasteiger partial charge on any atom is -0.373 e. The fourth-order valence-electron chi connectivity index (χ4n) is 2.70. The fourth-order valence-corrected chi connectivity index (χ4v) is 2.70. The second kappa shape index (κ2) is 6.50. The van der Waals surface area contributed by atoms with Gasteiger partial charge in [-0.15, -0.1) is 0 Å². The normalized spacial score (nSPS) is 33.6. The molecule has 0 aromatic carbocycles. The molecule has 18 heavy (non-hydrogen) atoms. The highest BCUT2D eigenvalue weighted by Crippen LogP contribution is 2.12. The molecule has 2 aliphatic rings. The van der Waals surface area contributed by atoms with Crippen LogP contribution in [0.1, 0.15) is 26.7 Å². The Morgan fingerprint density at radius 3 is 2.67 bits per heavy atom. The first-order chi connectivity index (χ1) is 8.65. The molecule has 5 heteroatoms. The van der Waals surface area contributed by atoms with Crippen molar-refractivity contribution in [2.24, 2.45) is 0 Å². The summed E-state index contributed by atoms with van der Waals surface area (Å²) in [5, 5.41) is 2.96. The first-order valence-electron chi connectivity index (χ1n) is 6.92. The predicted molar refractivity (Wildman–Crippen MR) is 68.4 cm³/mol. The zero-order valence-electron chi connectivity index (χ0n) is 11.4. The molecule has 0 saturated carbocycles. The van der Waals surface area contributed by atoms with Crippen LogP contribution in [0.5, 0.6) is 0 Å². The van der Waals surface area contributed by atoms with Crippen LogP contribution in [0.2, 0.25) is 0 Å². The van der Waals surface area contributed by atoms with E-state index in [1.807, 2.05) is 0 Å². The van der Waals surface area contributed by atoms with Crippen LogP contribution in [-0.4, -0.2) is 61.9 Å². The summed E-state index contributed by atoms with van der Waals surface area (Å²) in [5.41, 5.74) is 0. The van der Waals surface area contributed by atoms with Gasteiger partial charge < -0.3 is 14.8 Å². The Balaban J connectivity index is 1.63. The molecular formula is C13H24N2O3. The Morgan fingerprint density at radius 1 is 1.33 bits per heavy atom. The molecule has 1 amide bonds. The number of hydrogen-bond acceptors (Lipinski definition) is 4. The molecule has 2 rings (SSSR count). The van der Waals surface area contributed by atoms with E-state index in [0.717, 1.165) is 39.1 Å². The number of carbonyl (C=O) groups excluding carboxylic acids is 1. The van der Waals surface area contributed by atoms with Gasteiger partial charge in [-0.05, 0) is 26.7 Å². The van der Waals surface area contributed by atoms with Gasteiger partial charge in [0.25, 0.3) is 0 Å². The largest absolute Gasteiger partial charge is 0.373 e. The van der Waals surface area contributed by atoms with E-state index in [2.05, 4.69) is 24.1 Å². The lowest BCUT2D eigenvalue weighted by atomic mass is 10.2. The van der Waals surface area contributed by atoms with Crippen molar-refractivity contribution >= 4 is 5.91 Å². The van der Waals surface area contributed by atoms with Crippen molar-refractivity contribution in [2.45, 2.75) is 45.0 Å². The van der Waals surface area contributed by atoms with Crippen molar-refractivity contribution in [1.82, 2.24) is 10.2 Å². The molecule has 2 heterocycles. The molecule has 5 nitrogen and oxygen atoms in total. The molecule has 104 valence electrons. The van der Waals surface area contributed by atoms with Crippen LogP contribution in [0.4, 0.5) is 0 Å². The maximum atomic E-state index is 11.7. The van der Waals surface area contributed by atoms with Crippen LogP contribution in [0.3, 0.4) is 0 Å². The highest BCUT2D eigenvalue weighted by molar-refractivity contribution is 5.80. The topological polar surface area (TPSA) is 50.8 Å². The maximum Gasteiger partial charge on any atom is 0.249 e. The van der Waals surface area contributed by atoms with Crippen LogP contribution < -0.4 is 5.32 Å². The molecular weight excluding hydrogens is 232 g/mol. The Bertz CT molecular complexity index is 269. The van der Waals surface area contributed by atoms with Crippen LogP contribution in [0, 0.1) is 0 Å². The summed E-state index contributed by atoms with van der Waals surface area (Å²) in [6, 6.07) is 0. The quantitative estimate of drug-likeness (QED) is 0.790. The Kier molecular flexibility index (Phi) is 4.97. The highest BCUT2D eigenvalue weighted by Gasteiger charge is 2.24. The summed E-state index contributed by atoms with van der Waals surface area (Å²) in [5.74, 6) is 0.0434. The van der Waals surface area contributed by atoms with E-state index in [1.54, 1.807) is 0 Å². The summed E-state index contributed by atoms with van der Waals surface area (Å²) in [6.45, 7) is 8.37. The van der Waals surface area contributed by atoms with E-state index in [0.29, 0.717) is 6.54 Å². The molecule has 0 bridgehead atoms. The van der Waals surface area contributed by atoms with Crippen molar-refractivity contribution in [1.29, 1.82) is 0 Å². The van der Waals surface area contributed by atoms with Crippen LogP contribution in [-0.2, 0) is 14.3 Å². The van der Waals surface area contributed by atoms with Crippen LogP contribution >= 0.6 is 0 Å². The SMILES string of the molecule is C[C@@H]1CN(CCNC(=O)[C@@H]2CCCO2)C[C@H](C)O1. The third-order valence-corrected chi connectivity index (χ3v) is 3.44.